The van der Waals surface area contributed by atoms with Crippen LogP contribution in [0.4, 0.5) is 0 Å². The average molecular weight is 191 g/mol. The fourth-order valence-electron chi connectivity index (χ4n) is 1.45. The number of rotatable bonds is 4. The lowest BCUT2D eigenvalue weighted by molar-refractivity contribution is 0.852. The van der Waals surface area contributed by atoms with E-state index in [9.17, 15) is 0 Å². The molecular formula is C9H19B2N3. The Hall–Kier alpha value is -0.730. The largest absolute Gasteiger partial charge is 0.308 e. The normalized spacial score (nSPS) is 11.1. The summed E-state index contributed by atoms with van der Waals surface area (Å²) in [5, 5.41) is 8.12. The molecular weight excluding hydrogens is 172 g/mol. The molecule has 0 spiro atoms. The van der Waals surface area contributed by atoms with E-state index in [0.717, 1.165) is 7.41 Å². The predicted molar refractivity (Wildman–Crippen MR) is 64.0 cm³/mol. The Morgan fingerprint density at radius 1 is 1.36 bits per heavy atom. The molecule has 3 nitrogen and oxygen atoms in total. The molecule has 76 valence electrons. The summed E-state index contributed by atoms with van der Waals surface area (Å²) in [6, 6.07) is 0. The standard InChI is InChI=1S/C9H19B2N3/c1-7(2)10-14-9(6-12-13-14)11(5)8(3)4/h6-8,10H,1-5H3. The maximum absolute atomic E-state index is 4.13. The first kappa shape index (κ1) is 11.3. The Bertz CT molecular complexity index is 283. The van der Waals surface area contributed by atoms with E-state index < -0.39 is 0 Å². The van der Waals surface area contributed by atoms with Gasteiger partial charge in [0.25, 0.3) is 7.41 Å². The van der Waals surface area contributed by atoms with Gasteiger partial charge >= 0.3 is 0 Å². The van der Waals surface area contributed by atoms with Gasteiger partial charge in [-0.25, -0.2) is 0 Å². The Morgan fingerprint density at radius 2 is 2.00 bits per heavy atom. The SMILES string of the molecule is CB(c1cnnn1BC(C)C)C(C)C. The van der Waals surface area contributed by atoms with Crippen LogP contribution in [0.2, 0.25) is 18.5 Å². The fraction of sp³-hybridized carbons (Fsp3) is 0.778. The molecule has 1 heterocycles. The predicted octanol–water partition coefficient (Wildman–Crippen LogP) is 1.05. The summed E-state index contributed by atoms with van der Waals surface area (Å²) in [7, 11) is 0.965. The summed E-state index contributed by atoms with van der Waals surface area (Å²) in [5.74, 6) is 1.26. The van der Waals surface area contributed by atoms with Crippen molar-refractivity contribution in [2.75, 3.05) is 0 Å². The first-order chi connectivity index (χ1) is 6.52. The van der Waals surface area contributed by atoms with Gasteiger partial charge in [0.1, 0.15) is 0 Å². The van der Waals surface area contributed by atoms with Crippen molar-refractivity contribution in [3.8, 4) is 0 Å². The van der Waals surface area contributed by atoms with E-state index in [1.807, 2.05) is 10.8 Å². The molecule has 0 aliphatic carbocycles. The third kappa shape index (κ3) is 2.63. The van der Waals surface area contributed by atoms with Crippen molar-refractivity contribution in [1.29, 1.82) is 0 Å². The third-order valence-corrected chi connectivity index (χ3v) is 2.65. The molecule has 1 aromatic heterocycles. The molecule has 14 heavy (non-hydrogen) atoms. The average Bonchev–Trinajstić information content (AvgIpc) is 2.49. The van der Waals surface area contributed by atoms with Crippen LogP contribution in [0.15, 0.2) is 6.20 Å². The molecule has 0 N–H and O–H groups in total. The Balaban J connectivity index is 2.81. The highest BCUT2D eigenvalue weighted by molar-refractivity contribution is 6.73. The van der Waals surface area contributed by atoms with Crippen LogP contribution in [0, 0.1) is 0 Å². The van der Waals surface area contributed by atoms with E-state index in [-0.39, 0.29) is 0 Å². The summed E-state index contributed by atoms with van der Waals surface area (Å²) in [4.78, 5) is 0. The molecule has 0 atom stereocenters. The maximum Gasteiger partial charge on any atom is 0.270 e. The van der Waals surface area contributed by atoms with Crippen molar-refractivity contribution < 1.29 is 0 Å². The van der Waals surface area contributed by atoms with E-state index in [0.29, 0.717) is 18.3 Å². The van der Waals surface area contributed by atoms with Crippen molar-refractivity contribution in [3.05, 3.63) is 6.20 Å². The lowest BCUT2D eigenvalue weighted by atomic mass is 9.41. The molecule has 0 aliphatic heterocycles. The van der Waals surface area contributed by atoms with Gasteiger partial charge in [-0.2, -0.15) is 0 Å². The number of hydrogen-bond acceptors (Lipinski definition) is 2. The van der Waals surface area contributed by atoms with E-state index in [1.54, 1.807) is 0 Å². The smallest absolute Gasteiger partial charge is 0.270 e. The molecule has 0 unspecified atom stereocenters. The summed E-state index contributed by atoms with van der Waals surface area (Å²) >= 11 is 0. The molecule has 1 aromatic rings. The summed E-state index contributed by atoms with van der Waals surface area (Å²) < 4.78 is 2.04. The van der Waals surface area contributed by atoms with E-state index in [2.05, 4.69) is 44.8 Å². The summed E-state index contributed by atoms with van der Waals surface area (Å²) in [6.45, 7) is 11.6. The van der Waals surface area contributed by atoms with Crippen LogP contribution in [0.5, 0.6) is 0 Å². The van der Waals surface area contributed by atoms with Crippen LogP contribution in [-0.2, 0) is 0 Å². The highest BCUT2D eigenvalue weighted by atomic mass is 15.4. The van der Waals surface area contributed by atoms with Gasteiger partial charge in [0.2, 0.25) is 0 Å². The zero-order valence-corrected chi connectivity index (χ0v) is 9.86. The zero-order valence-electron chi connectivity index (χ0n) is 9.86. The molecule has 0 saturated carbocycles. The quantitative estimate of drug-likeness (QED) is 0.665. The second-order valence-electron chi connectivity index (χ2n) is 4.77. The van der Waals surface area contributed by atoms with Crippen molar-refractivity contribution in [3.63, 3.8) is 0 Å². The van der Waals surface area contributed by atoms with Gasteiger partial charge in [0.05, 0.1) is 6.20 Å². The molecule has 0 aromatic carbocycles. The van der Waals surface area contributed by atoms with Crippen LogP contribution in [0.1, 0.15) is 27.7 Å². The van der Waals surface area contributed by atoms with Crippen molar-refractivity contribution in [2.24, 2.45) is 0 Å². The first-order valence-electron chi connectivity index (χ1n) is 5.40. The number of nitrogens with zero attached hydrogens (tertiary/aromatic N) is 3. The van der Waals surface area contributed by atoms with Crippen LogP contribution in [0.25, 0.3) is 0 Å². The minimum atomic E-state index is 0.531. The minimum absolute atomic E-state index is 0.531. The Labute approximate surface area is 87.6 Å². The van der Waals surface area contributed by atoms with Gasteiger partial charge in [-0.05, 0) is 5.82 Å². The van der Waals surface area contributed by atoms with Gasteiger partial charge in [-0.3, -0.25) is 0 Å². The lowest BCUT2D eigenvalue weighted by Crippen LogP contribution is -2.38. The first-order valence-corrected chi connectivity index (χ1v) is 5.40. The monoisotopic (exact) mass is 191 g/mol. The van der Waals surface area contributed by atoms with Gasteiger partial charge < -0.3 is 4.59 Å². The second kappa shape index (κ2) is 4.67. The molecule has 1 rings (SSSR count). The Kier molecular flexibility index (Phi) is 3.78. The molecule has 0 aliphatic rings. The third-order valence-electron chi connectivity index (χ3n) is 2.65. The zero-order chi connectivity index (χ0) is 10.7. The second-order valence-corrected chi connectivity index (χ2v) is 4.77. The highest BCUT2D eigenvalue weighted by Crippen LogP contribution is 2.07. The number of aromatic nitrogens is 3. The van der Waals surface area contributed by atoms with Gasteiger partial charge in [-0.15, -0.1) is 5.10 Å². The topological polar surface area (TPSA) is 30.7 Å². The lowest BCUT2D eigenvalue weighted by Gasteiger charge is -2.14. The van der Waals surface area contributed by atoms with Crippen LogP contribution in [-0.4, -0.2) is 29.0 Å². The fourth-order valence-corrected chi connectivity index (χ4v) is 1.45. The highest BCUT2D eigenvalue weighted by Gasteiger charge is 2.20. The van der Waals surface area contributed by atoms with Crippen LogP contribution >= 0.6 is 0 Å². The van der Waals surface area contributed by atoms with E-state index >= 15 is 0 Å². The summed E-state index contributed by atoms with van der Waals surface area (Å²) in [6.07, 6.45) is 1.90. The van der Waals surface area contributed by atoms with Crippen molar-refractivity contribution >= 4 is 19.7 Å². The molecule has 0 amide bonds. The molecule has 5 heteroatoms. The van der Waals surface area contributed by atoms with E-state index in [1.165, 1.54) is 5.59 Å². The van der Waals surface area contributed by atoms with Crippen LogP contribution < -0.4 is 5.59 Å². The minimum Gasteiger partial charge on any atom is -0.308 e. The molecule has 0 saturated heterocycles. The van der Waals surface area contributed by atoms with Crippen molar-refractivity contribution in [1.82, 2.24) is 14.9 Å². The summed E-state index contributed by atoms with van der Waals surface area (Å²) in [5.41, 5.74) is 1.26. The van der Waals surface area contributed by atoms with Crippen LogP contribution in [0.3, 0.4) is 0 Å². The molecule has 0 fully saturated rings. The number of hydrogen-bond donors (Lipinski definition) is 0. The van der Waals surface area contributed by atoms with Crippen molar-refractivity contribution in [2.45, 2.75) is 46.2 Å². The Morgan fingerprint density at radius 3 is 2.50 bits per heavy atom. The van der Waals surface area contributed by atoms with E-state index in [4.69, 9.17) is 0 Å². The van der Waals surface area contributed by atoms with Gasteiger partial charge in [0.15, 0.2) is 6.71 Å². The molecule has 0 radical (unpaired) electrons. The maximum atomic E-state index is 4.13. The molecule has 0 bridgehead atoms. The van der Waals surface area contributed by atoms with Gasteiger partial charge in [-0.1, -0.05) is 45.5 Å². The van der Waals surface area contributed by atoms with Gasteiger partial charge in [0, 0.05) is 5.59 Å².